The summed E-state index contributed by atoms with van der Waals surface area (Å²) < 4.78 is 31.7. The van der Waals surface area contributed by atoms with Crippen LogP contribution in [0, 0.1) is 23.0 Å². The van der Waals surface area contributed by atoms with Crippen LogP contribution < -0.4 is 15.0 Å². The Bertz CT molecular complexity index is 900. The summed E-state index contributed by atoms with van der Waals surface area (Å²) in [5, 5.41) is 11.5. The number of nitrogens with zero attached hydrogens (tertiary/aromatic N) is 2. The summed E-state index contributed by atoms with van der Waals surface area (Å²) in [6.07, 6.45) is 0.122. The molecule has 2 rings (SSSR count). The number of para-hydroxylation sites is 1. The molecule has 30 heavy (non-hydrogen) atoms. The van der Waals surface area contributed by atoms with E-state index in [-0.39, 0.29) is 50.0 Å². The zero-order chi connectivity index (χ0) is 21.9. The van der Waals surface area contributed by atoms with E-state index in [1.165, 1.54) is 11.0 Å². The second-order valence-corrected chi connectivity index (χ2v) is 6.64. The Labute approximate surface area is 174 Å². The standard InChI is InChI=1S/C22H23F2N3O3/c1-16(15-30-20-9-8-17(23)14-19(20)24)26-21(28)10-11-22(29)27(13-5-12-25)18-6-3-2-4-7-18/h2-4,6-9,14,16H,5,10-11,13,15H2,1H3,(H,26,28). The van der Waals surface area contributed by atoms with Gasteiger partial charge in [-0.25, -0.2) is 8.78 Å². The number of hydrogen-bond donors (Lipinski definition) is 1. The Morgan fingerprint density at radius 1 is 1.17 bits per heavy atom. The quantitative estimate of drug-likeness (QED) is 0.643. The molecule has 2 aromatic rings. The lowest BCUT2D eigenvalue weighted by Gasteiger charge is -2.22. The molecule has 0 fully saturated rings. The molecule has 0 aliphatic carbocycles. The number of ether oxygens (including phenoxy) is 1. The molecule has 1 unspecified atom stereocenters. The molecular formula is C22H23F2N3O3. The van der Waals surface area contributed by atoms with Crippen LogP contribution in [0.4, 0.5) is 14.5 Å². The molecule has 2 aromatic carbocycles. The van der Waals surface area contributed by atoms with Crippen molar-refractivity contribution < 1.29 is 23.1 Å². The Kier molecular flexibility index (Phi) is 8.75. The fraction of sp³-hybridized carbons (Fsp3) is 0.318. The van der Waals surface area contributed by atoms with E-state index >= 15 is 0 Å². The molecule has 1 atom stereocenters. The zero-order valence-corrected chi connectivity index (χ0v) is 16.6. The molecule has 0 bridgehead atoms. The van der Waals surface area contributed by atoms with E-state index in [1.54, 1.807) is 31.2 Å². The number of rotatable bonds is 10. The first-order chi connectivity index (χ1) is 14.4. The predicted molar refractivity (Wildman–Crippen MR) is 108 cm³/mol. The SMILES string of the molecule is CC(COc1ccc(F)cc1F)NC(=O)CCC(=O)N(CCC#N)c1ccccc1. The minimum absolute atomic E-state index is 0.0133. The Morgan fingerprint density at radius 2 is 1.90 bits per heavy atom. The lowest BCUT2D eigenvalue weighted by atomic mass is 10.2. The van der Waals surface area contributed by atoms with E-state index in [1.807, 2.05) is 12.1 Å². The number of halogens is 2. The maximum atomic E-state index is 13.6. The summed E-state index contributed by atoms with van der Waals surface area (Å²) in [4.78, 5) is 26.2. The third kappa shape index (κ3) is 7.17. The monoisotopic (exact) mass is 415 g/mol. The average molecular weight is 415 g/mol. The number of amides is 2. The zero-order valence-electron chi connectivity index (χ0n) is 16.6. The van der Waals surface area contributed by atoms with Crippen molar-refractivity contribution in [3.8, 4) is 11.8 Å². The fourth-order valence-corrected chi connectivity index (χ4v) is 2.72. The highest BCUT2D eigenvalue weighted by molar-refractivity contribution is 5.95. The summed E-state index contributed by atoms with van der Waals surface area (Å²) in [6, 6.07) is 13.5. The van der Waals surface area contributed by atoms with Crippen molar-refractivity contribution in [3.05, 3.63) is 60.2 Å². The average Bonchev–Trinajstić information content (AvgIpc) is 2.72. The lowest BCUT2D eigenvalue weighted by molar-refractivity contribution is -0.125. The normalized spacial score (nSPS) is 11.3. The van der Waals surface area contributed by atoms with Gasteiger partial charge in [0.15, 0.2) is 11.6 Å². The van der Waals surface area contributed by atoms with E-state index in [9.17, 15) is 18.4 Å². The van der Waals surface area contributed by atoms with Crippen molar-refractivity contribution in [2.75, 3.05) is 18.1 Å². The van der Waals surface area contributed by atoms with Crippen molar-refractivity contribution in [2.24, 2.45) is 0 Å². The number of carbonyl (C=O) groups excluding carboxylic acids is 2. The predicted octanol–water partition coefficient (Wildman–Crippen LogP) is 3.58. The Balaban J connectivity index is 1.81. The topological polar surface area (TPSA) is 82.4 Å². The van der Waals surface area contributed by atoms with Gasteiger partial charge in [-0.2, -0.15) is 5.26 Å². The van der Waals surface area contributed by atoms with Gasteiger partial charge in [0.1, 0.15) is 12.4 Å². The van der Waals surface area contributed by atoms with Crippen molar-refractivity contribution in [3.63, 3.8) is 0 Å². The fourth-order valence-electron chi connectivity index (χ4n) is 2.72. The van der Waals surface area contributed by atoms with Gasteiger partial charge in [-0.15, -0.1) is 0 Å². The van der Waals surface area contributed by atoms with Crippen molar-refractivity contribution in [2.45, 2.75) is 32.2 Å². The molecule has 1 N–H and O–H groups in total. The summed E-state index contributed by atoms with van der Waals surface area (Å²) >= 11 is 0. The van der Waals surface area contributed by atoms with Crippen LogP contribution in [-0.4, -0.2) is 31.0 Å². The molecule has 0 aliphatic heterocycles. The smallest absolute Gasteiger partial charge is 0.227 e. The van der Waals surface area contributed by atoms with E-state index in [0.717, 1.165) is 12.1 Å². The molecule has 0 saturated heterocycles. The van der Waals surface area contributed by atoms with Crippen molar-refractivity contribution in [1.29, 1.82) is 5.26 Å². The highest BCUT2D eigenvalue weighted by Crippen LogP contribution is 2.18. The third-order valence-corrected chi connectivity index (χ3v) is 4.17. The van der Waals surface area contributed by atoms with Crippen LogP contribution in [0.5, 0.6) is 5.75 Å². The van der Waals surface area contributed by atoms with Crippen LogP contribution in [-0.2, 0) is 9.59 Å². The summed E-state index contributed by atoms with van der Waals surface area (Å²) in [5.41, 5.74) is 0.668. The minimum Gasteiger partial charge on any atom is -0.488 e. The summed E-state index contributed by atoms with van der Waals surface area (Å²) in [7, 11) is 0. The summed E-state index contributed by atoms with van der Waals surface area (Å²) in [5.74, 6) is -2.25. The molecule has 0 radical (unpaired) electrons. The van der Waals surface area contributed by atoms with Gasteiger partial charge in [0.2, 0.25) is 11.8 Å². The van der Waals surface area contributed by atoms with Crippen molar-refractivity contribution in [1.82, 2.24) is 5.32 Å². The van der Waals surface area contributed by atoms with Crippen LogP contribution >= 0.6 is 0 Å². The Hall–Kier alpha value is -3.47. The molecular weight excluding hydrogens is 392 g/mol. The first-order valence-electron chi connectivity index (χ1n) is 9.50. The first-order valence-corrected chi connectivity index (χ1v) is 9.50. The van der Waals surface area contributed by atoms with Gasteiger partial charge in [0.05, 0.1) is 18.5 Å². The molecule has 6 nitrogen and oxygen atoms in total. The molecule has 0 heterocycles. The molecule has 8 heteroatoms. The van der Waals surface area contributed by atoms with Gasteiger partial charge in [0, 0.05) is 31.1 Å². The number of nitriles is 1. The second-order valence-electron chi connectivity index (χ2n) is 6.64. The Morgan fingerprint density at radius 3 is 2.57 bits per heavy atom. The minimum atomic E-state index is -0.822. The molecule has 0 spiro atoms. The van der Waals surface area contributed by atoms with Gasteiger partial charge >= 0.3 is 0 Å². The number of hydrogen-bond acceptors (Lipinski definition) is 4. The maximum Gasteiger partial charge on any atom is 0.227 e. The molecule has 158 valence electrons. The largest absolute Gasteiger partial charge is 0.488 e. The van der Waals surface area contributed by atoms with Gasteiger partial charge in [-0.3, -0.25) is 9.59 Å². The number of anilines is 1. The maximum absolute atomic E-state index is 13.6. The van der Waals surface area contributed by atoms with Gasteiger partial charge in [-0.05, 0) is 31.2 Å². The second kappa shape index (κ2) is 11.5. The number of benzene rings is 2. The van der Waals surface area contributed by atoms with Crippen LogP contribution in [0.15, 0.2) is 48.5 Å². The number of nitrogens with one attached hydrogen (secondary N) is 1. The van der Waals surface area contributed by atoms with E-state index in [4.69, 9.17) is 10.00 Å². The van der Waals surface area contributed by atoms with Gasteiger partial charge in [0.25, 0.3) is 0 Å². The van der Waals surface area contributed by atoms with Crippen LogP contribution in [0.25, 0.3) is 0 Å². The van der Waals surface area contributed by atoms with Crippen LogP contribution in [0.2, 0.25) is 0 Å². The lowest BCUT2D eigenvalue weighted by Crippen LogP contribution is -2.38. The highest BCUT2D eigenvalue weighted by Gasteiger charge is 2.17. The molecule has 0 aromatic heterocycles. The van der Waals surface area contributed by atoms with Crippen LogP contribution in [0.1, 0.15) is 26.2 Å². The molecule has 0 aliphatic rings. The van der Waals surface area contributed by atoms with Crippen molar-refractivity contribution >= 4 is 17.5 Å². The van der Waals surface area contributed by atoms with E-state index in [0.29, 0.717) is 5.69 Å². The van der Waals surface area contributed by atoms with Gasteiger partial charge in [-0.1, -0.05) is 18.2 Å². The highest BCUT2D eigenvalue weighted by atomic mass is 19.1. The first kappa shape index (κ1) is 22.8. The van der Waals surface area contributed by atoms with Crippen LogP contribution in [0.3, 0.4) is 0 Å². The molecule has 2 amide bonds. The third-order valence-electron chi connectivity index (χ3n) is 4.17. The number of carbonyl (C=O) groups is 2. The van der Waals surface area contributed by atoms with E-state index < -0.39 is 17.7 Å². The molecule has 0 saturated carbocycles. The summed E-state index contributed by atoms with van der Waals surface area (Å²) in [6.45, 7) is 1.90. The van der Waals surface area contributed by atoms with Gasteiger partial charge < -0.3 is 15.0 Å². The van der Waals surface area contributed by atoms with E-state index in [2.05, 4.69) is 5.32 Å².